The third-order valence-corrected chi connectivity index (χ3v) is 3.18. The summed E-state index contributed by atoms with van der Waals surface area (Å²) in [7, 11) is 0. The second-order valence-corrected chi connectivity index (χ2v) is 6.40. The van der Waals surface area contributed by atoms with Gasteiger partial charge in [-0.1, -0.05) is 30.3 Å². The molecule has 24 heavy (non-hydrogen) atoms. The van der Waals surface area contributed by atoms with Gasteiger partial charge in [0, 0.05) is 0 Å². The van der Waals surface area contributed by atoms with Crippen LogP contribution in [0.25, 0.3) is 0 Å². The number of carboxylic acid groups (broad SMARTS) is 1. The number of rotatable bonds is 5. The Balaban J connectivity index is 2.15. The van der Waals surface area contributed by atoms with Gasteiger partial charge < -0.3 is 15.2 Å². The topological polar surface area (TPSA) is 75.6 Å². The lowest BCUT2D eigenvalue weighted by Crippen LogP contribution is -2.24. The predicted molar refractivity (Wildman–Crippen MR) is 92.6 cm³/mol. The van der Waals surface area contributed by atoms with E-state index < -0.39 is 11.6 Å². The molecule has 5 heteroatoms. The molecule has 1 amide bonds. The summed E-state index contributed by atoms with van der Waals surface area (Å²) in [5.74, 6) is -0.770. The minimum atomic E-state index is -1.05. The standard InChI is InChI=1S/C19H21NO4/c1-19(2,3)24-16-11-7-6-10-15(16)20-17(21)12-13-8-4-5-9-14(13)18(22)23/h4-11H,12H2,1-3H3,(H,20,21)(H,22,23). The van der Waals surface area contributed by atoms with E-state index in [0.717, 1.165) is 0 Å². The van der Waals surface area contributed by atoms with E-state index >= 15 is 0 Å². The fraction of sp³-hybridized carbons (Fsp3) is 0.263. The van der Waals surface area contributed by atoms with Crippen LogP contribution in [0.15, 0.2) is 48.5 Å². The summed E-state index contributed by atoms with van der Waals surface area (Å²) in [6, 6.07) is 13.6. The number of anilines is 1. The number of ether oxygens (including phenoxy) is 1. The molecule has 0 aromatic heterocycles. The molecule has 2 aromatic rings. The maximum atomic E-state index is 12.3. The number of carbonyl (C=O) groups excluding carboxylic acids is 1. The van der Waals surface area contributed by atoms with Crippen molar-refractivity contribution in [2.45, 2.75) is 32.8 Å². The predicted octanol–water partition coefficient (Wildman–Crippen LogP) is 3.74. The van der Waals surface area contributed by atoms with E-state index in [1.54, 1.807) is 36.4 Å². The second kappa shape index (κ2) is 7.17. The van der Waals surface area contributed by atoms with Crippen LogP contribution in [0.2, 0.25) is 0 Å². The normalized spacial score (nSPS) is 11.0. The fourth-order valence-corrected chi connectivity index (χ4v) is 2.24. The number of benzene rings is 2. The minimum absolute atomic E-state index is 0.0215. The number of aromatic carboxylic acids is 1. The van der Waals surface area contributed by atoms with E-state index in [1.807, 2.05) is 26.8 Å². The van der Waals surface area contributed by atoms with E-state index in [4.69, 9.17) is 4.74 Å². The summed E-state index contributed by atoms with van der Waals surface area (Å²) in [5.41, 5.74) is 0.769. The van der Waals surface area contributed by atoms with Crippen LogP contribution in [0.1, 0.15) is 36.7 Å². The Morgan fingerprint density at radius 1 is 1.04 bits per heavy atom. The van der Waals surface area contributed by atoms with E-state index in [1.165, 1.54) is 6.07 Å². The fourth-order valence-electron chi connectivity index (χ4n) is 2.24. The molecule has 0 aliphatic rings. The summed E-state index contributed by atoms with van der Waals surface area (Å²) < 4.78 is 5.84. The average molecular weight is 327 g/mol. The van der Waals surface area contributed by atoms with Gasteiger partial charge in [-0.05, 0) is 44.5 Å². The van der Waals surface area contributed by atoms with Crippen LogP contribution in [-0.4, -0.2) is 22.6 Å². The van der Waals surface area contributed by atoms with Crippen molar-refractivity contribution in [2.24, 2.45) is 0 Å². The minimum Gasteiger partial charge on any atom is -0.486 e. The van der Waals surface area contributed by atoms with Gasteiger partial charge >= 0.3 is 5.97 Å². The summed E-state index contributed by atoms with van der Waals surface area (Å²) in [6.07, 6.45) is -0.0215. The third kappa shape index (κ3) is 4.84. The lowest BCUT2D eigenvalue weighted by Gasteiger charge is -2.23. The molecule has 2 rings (SSSR count). The monoisotopic (exact) mass is 327 g/mol. The Morgan fingerprint density at radius 2 is 1.67 bits per heavy atom. The summed E-state index contributed by atoms with van der Waals surface area (Å²) >= 11 is 0. The van der Waals surface area contributed by atoms with Crippen molar-refractivity contribution >= 4 is 17.6 Å². The number of carbonyl (C=O) groups is 2. The van der Waals surface area contributed by atoms with Crippen molar-refractivity contribution in [1.29, 1.82) is 0 Å². The van der Waals surface area contributed by atoms with Crippen LogP contribution >= 0.6 is 0 Å². The Bertz CT molecular complexity index is 747. The first kappa shape index (κ1) is 17.5. The van der Waals surface area contributed by atoms with Gasteiger partial charge in [-0.25, -0.2) is 4.79 Å². The molecular weight excluding hydrogens is 306 g/mol. The Kier molecular flexibility index (Phi) is 5.24. The second-order valence-electron chi connectivity index (χ2n) is 6.40. The first-order chi connectivity index (χ1) is 11.3. The highest BCUT2D eigenvalue weighted by Crippen LogP contribution is 2.27. The molecule has 0 saturated heterocycles. The van der Waals surface area contributed by atoms with Gasteiger partial charge in [0.1, 0.15) is 11.4 Å². The smallest absolute Gasteiger partial charge is 0.335 e. The van der Waals surface area contributed by atoms with Crippen molar-refractivity contribution in [3.8, 4) is 5.75 Å². The molecule has 2 aromatic carbocycles. The molecule has 0 heterocycles. The number of hydrogen-bond donors (Lipinski definition) is 2. The molecule has 2 N–H and O–H groups in total. The van der Waals surface area contributed by atoms with Crippen molar-refractivity contribution in [2.75, 3.05) is 5.32 Å². The zero-order valence-corrected chi connectivity index (χ0v) is 14.0. The van der Waals surface area contributed by atoms with Crippen molar-refractivity contribution in [3.05, 3.63) is 59.7 Å². The van der Waals surface area contributed by atoms with Gasteiger partial charge in [-0.15, -0.1) is 0 Å². The summed E-state index contributed by atoms with van der Waals surface area (Å²) in [5, 5.41) is 12.0. The highest BCUT2D eigenvalue weighted by atomic mass is 16.5. The molecule has 0 aliphatic carbocycles. The molecule has 0 fully saturated rings. The quantitative estimate of drug-likeness (QED) is 0.877. The van der Waals surface area contributed by atoms with Gasteiger partial charge in [-0.3, -0.25) is 4.79 Å². The van der Waals surface area contributed by atoms with E-state index in [-0.39, 0.29) is 17.9 Å². The number of amides is 1. The Hall–Kier alpha value is -2.82. The van der Waals surface area contributed by atoms with Crippen LogP contribution in [0, 0.1) is 0 Å². The van der Waals surface area contributed by atoms with E-state index in [2.05, 4.69) is 5.32 Å². The lowest BCUT2D eigenvalue weighted by atomic mass is 10.0. The molecule has 0 saturated carbocycles. The van der Waals surface area contributed by atoms with Crippen LogP contribution in [0.5, 0.6) is 5.75 Å². The molecule has 0 radical (unpaired) electrons. The van der Waals surface area contributed by atoms with Gasteiger partial charge in [0.25, 0.3) is 0 Å². The molecule has 0 aliphatic heterocycles. The maximum Gasteiger partial charge on any atom is 0.335 e. The van der Waals surface area contributed by atoms with Crippen molar-refractivity contribution in [1.82, 2.24) is 0 Å². The largest absolute Gasteiger partial charge is 0.486 e. The number of carboxylic acids is 1. The maximum absolute atomic E-state index is 12.3. The van der Waals surface area contributed by atoms with Crippen molar-refractivity contribution in [3.63, 3.8) is 0 Å². The number of hydrogen-bond acceptors (Lipinski definition) is 3. The Labute approximate surface area is 141 Å². The molecule has 0 atom stereocenters. The molecule has 0 bridgehead atoms. The summed E-state index contributed by atoms with van der Waals surface area (Å²) in [6.45, 7) is 5.78. The van der Waals surface area contributed by atoms with E-state index in [9.17, 15) is 14.7 Å². The van der Waals surface area contributed by atoms with Gasteiger partial charge in [-0.2, -0.15) is 0 Å². The third-order valence-electron chi connectivity index (χ3n) is 3.18. The zero-order valence-electron chi connectivity index (χ0n) is 14.0. The van der Waals surface area contributed by atoms with Crippen LogP contribution in [0.4, 0.5) is 5.69 Å². The molecule has 0 unspecified atom stereocenters. The highest BCUT2D eigenvalue weighted by Gasteiger charge is 2.17. The van der Waals surface area contributed by atoms with Crippen LogP contribution in [0.3, 0.4) is 0 Å². The van der Waals surface area contributed by atoms with Crippen LogP contribution < -0.4 is 10.1 Å². The average Bonchev–Trinajstić information content (AvgIpc) is 2.48. The molecular formula is C19H21NO4. The van der Waals surface area contributed by atoms with Gasteiger partial charge in [0.15, 0.2) is 0 Å². The SMILES string of the molecule is CC(C)(C)Oc1ccccc1NC(=O)Cc1ccccc1C(=O)O. The molecule has 0 spiro atoms. The highest BCUT2D eigenvalue weighted by molar-refractivity contribution is 5.96. The van der Waals surface area contributed by atoms with E-state index in [0.29, 0.717) is 17.0 Å². The first-order valence-electron chi connectivity index (χ1n) is 7.65. The van der Waals surface area contributed by atoms with Gasteiger partial charge in [0.2, 0.25) is 5.91 Å². The van der Waals surface area contributed by atoms with Crippen molar-refractivity contribution < 1.29 is 19.4 Å². The molecule has 5 nitrogen and oxygen atoms in total. The number of nitrogens with one attached hydrogen (secondary N) is 1. The zero-order chi connectivity index (χ0) is 17.7. The first-order valence-corrected chi connectivity index (χ1v) is 7.65. The summed E-state index contributed by atoms with van der Waals surface area (Å²) in [4.78, 5) is 23.5. The number of para-hydroxylation sites is 2. The van der Waals surface area contributed by atoms with Gasteiger partial charge in [0.05, 0.1) is 17.7 Å². The van der Waals surface area contributed by atoms with Crippen LogP contribution in [-0.2, 0) is 11.2 Å². The molecule has 126 valence electrons. The lowest BCUT2D eigenvalue weighted by molar-refractivity contribution is -0.115. The Morgan fingerprint density at radius 3 is 2.33 bits per heavy atom.